The molecule has 0 unspecified atom stereocenters. The van der Waals surface area contributed by atoms with Gasteiger partial charge in [-0.3, -0.25) is 14.6 Å². The van der Waals surface area contributed by atoms with Gasteiger partial charge in [-0.05, 0) is 22.0 Å². The number of thioether (sulfide) groups is 1. The number of aliphatic carboxylic acids is 1. The van der Waals surface area contributed by atoms with Gasteiger partial charge in [0.05, 0.1) is 19.2 Å². The lowest BCUT2D eigenvalue weighted by Crippen LogP contribution is -2.69. The first-order valence-electron chi connectivity index (χ1n) is 9.56. The molecule has 0 aromatic carbocycles. The molecule has 32 heavy (non-hydrogen) atoms. The molecule has 168 valence electrons. The summed E-state index contributed by atoms with van der Waals surface area (Å²) in [5.41, 5.74) is -0.0804. The van der Waals surface area contributed by atoms with Crippen LogP contribution in [0.3, 0.4) is 0 Å². The van der Waals surface area contributed by atoms with E-state index in [1.54, 1.807) is 7.05 Å². The normalized spacial score (nSPS) is 23.8. The van der Waals surface area contributed by atoms with Gasteiger partial charge in [-0.1, -0.05) is 11.8 Å². The maximum absolute atomic E-state index is 13.2. The average Bonchev–Trinajstić information content (AvgIpc) is 3.49. The lowest BCUT2D eigenvalue weighted by Gasteiger charge is -2.49. The van der Waals surface area contributed by atoms with Crippen molar-refractivity contribution in [3.8, 4) is 5.88 Å². The summed E-state index contributed by atoms with van der Waals surface area (Å²) in [5.74, 6) is -1.37. The summed E-state index contributed by atoms with van der Waals surface area (Å²) >= 11 is 1.11. The molecule has 2 aromatic rings. The number of methoxy groups -OCH3 is 1. The van der Waals surface area contributed by atoms with Crippen molar-refractivity contribution in [1.29, 1.82) is 0 Å². The molecule has 1 N–H and O–H groups in total. The number of aromatic nitrogens is 5. The van der Waals surface area contributed by atoms with E-state index in [0.717, 1.165) is 11.8 Å². The minimum Gasteiger partial charge on any atom is -0.479 e. The number of urea groups is 1. The first kappa shape index (κ1) is 20.3. The Morgan fingerprint density at radius 3 is 2.81 bits per heavy atom. The fraction of sp³-hybridized carbons (Fsp3) is 0.471. The number of carboxylic acid groups (broad SMARTS) is 1. The third-order valence-corrected chi connectivity index (χ3v) is 7.00. The van der Waals surface area contributed by atoms with Crippen LogP contribution in [0.2, 0.25) is 0 Å². The lowest BCUT2D eigenvalue weighted by atomic mass is 9.82. The zero-order valence-electron chi connectivity index (χ0n) is 17.2. The molecule has 3 aliphatic rings. The standard InChI is InChI=1S/C17H18N8O6S/c1-22(10-5-9(30-3)19-31-10)17(29)24-6-7-4-8(32-16-18-20-21-23(16)2)12(15(27)28)25-11(7)13(24)14(25)26/h5,7,11,13H,4,6H2,1-3H3,(H,27,28)/t7-,11-,13+/m1/s1. The van der Waals surface area contributed by atoms with Gasteiger partial charge in [-0.15, -0.1) is 5.10 Å². The Balaban J connectivity index is 1.41. The molecule has 2 fully saturated rings. The van der Waals surface area contributed by atoms with Crippen LogP contribution < -0.4 is 9.64 Å². The number of β-lactam (4-membered cyclic amide) rings is 1. The summed E-state index contributed by atoms with van der Waals surface area (Å²) in [6, 6.07) is -0.0990. The zero-order valence-corrected chi connectivity index (χ0v) is 18.0. The van der Waals surface area contributed by atoms with Gasteiger partial charge in [-0.2, -0.15) is 0 Å². The van der Waals surface area contributed by atoms with E-state index in [0.29, 0.717) is 23.0 Å². The molecule has 3 aliphatic heterocycles. The molecule has 2 saturated heterocycles. The molecule has 5 heterocycles. The highest BCUT2D eigenvalue weighted by atomic mass is 32.2. The minimum atomic E-state index is -1.21. The Kier molecular flexibility index (Phi) is 4.58. The number of amides is 3. The third kappa shape index (κ3) is 2.84. The maximum Gasteiger partial charge on any atom is 0.353 e. The van der Waals surface area contributed by atoms with Crippen molar-refractivity contribution in [2.45, 2.75) is 23.7 Å². The number of hydrogen-bond acceptors (Lipinski definition) is 10. The first-order valence-corrected chi connectivity index (χ1v) is 10.4. The molecule has 3 amide bonds. The minimum absolute atomic E-state index is 0.0804. The number of hydrogen-bond donors (Lipinski definition) is 1. The van der Waals surface area contributed by atoms with E-state index in [4.69, 9.17) is 9.26 Å². The van der Waals surface area contributed by atoms with Crippen LogP contribution in [0.15, 0.2) is 26.3 Å². The number of carbonyl (C=O) groups is 3. The molecule has 15 heteroatoms. The molecule has 2 aromatic heterocycles. The van der Waals surface area contributed by atoms with Crippen LogP contribution in [-0.2, 0) is 16.6 Å². The van der Waals surface area contributed by atoms with Crippen molar-refractivity contribution < 1.29 is 28.8 Å². The second kappa shape index (κ2) is 7.22. The largest absolute Gasteiger partial charge is 0.479 e. The number of anilines is 1. The van der Waals surface area contributed by atoms with Crippen molar-refractivity contribution in [1.82, 2.24) is 35.2 Å². The number of ether oxygens (including phenoxy) is 1. The predicted octanol–water partition coefficient (Wildman–Crippen LogP) is -0.234. The molecule has 0 saturated carbocycles. The monoisotopic (exact) mass is 462 g/mol. The zero-order chi connectivity index (χ0) is 22.7. The lowest BCUT2D eigenvalue weighted by molar-refractivity contribution is -0.155. The van der Waals surface area contributed by atoms with E-state index >= 15 is 0 Å². The fourth-order valence-electron chi connectivity index (χ4n) is 4.39. The van der Waals surface area contributed by atoms with Gasteiger partial charge in [0.2, 0.25) is 11.0 Å². The van der Waals surface area contributed by atoms with Gasteiger partial charge in [0.1, 0.15) is 11.7 Å². The van der Waals surface area contributed by atoms with E-state index in [9.17, 15) is 19.5 Å². The smallest absolute Gasteiger partial charge is 0.353 e. The summed E-state index contributed by atoms with van der Waals surface area (Å²) in [6.45, 7) is 0.292. The molecular formula is C17H18N8O6S. The molecule has 0 bridgehead atoms. The van der Waals surface area contributed by atoms with Crippen LogP contribution >= 0.6 is 11.8 Å². The number of tetrazole rings is 1. The molecule has 3 atom stereocenters. The van der Waals surface area contributed by atoms with Crippen molar-refractivity contribution >= 4 is 35.6 Å². The van der Waals surface area contributed by atoms with E-state index < -0.39 is 30.0 Å². The van der Waals surface area contributed by atoms with Gasteiger partial charge in [0, 0.05) is 31.5 Å². The van der Waals surface area contributed by atoms with Crippen molar-refractivity contribution in [3.05, 3.63) is 16.7 Å². The van der Waals surface area contributed by atoms with Gasteiger partial charge in [-0.25, -0.2) is 14.3 Å². The van der Waals surface area contributed by atoms with Crippen LogP contribution in [0.1, 0.15) is 6.42 Å². The highest BCUT2D eigenvalue weighted by molar-refractivity contribution is 8.03. The van der Waals surface area contributed by atoms with Gasteiger partial charge >= 0.3 is 12.0 Å². The quantitative estimate of drug-likeness (QED) is 0.584. The number of carboxylic acids is 1. The second-order valence-electron chi connectivity index (χ2n) is 7.57. The Hall–Kier alpha value is -3.62. The van der Waals surface area contributed by atoms with E-state index in [1.807, 2.05) is 0 Å². The van der Waals surface area contributed by atoms with Crippen LogP contribution in [-0.4, -0.2) is 91.0 Å². The number of carbonyl (C=O) groups excluding carboxylic acids is 2. The van der Waals surface area contributed by atoms with Crippen LogP contribution in [0, 0.1) is 5.92 Å². The van der Waals surface area contributed by atoms with Crippen LogP contribution in [0.4, 0.5) is 10.7 Å². The van der Waals surface area contributed by atoms with E-state index in [-0.39, 0.29) is 23.4 Å². The Morgan fingerprint density at radius 2 is 2.19 bits per heavy atom. The summed E-state index contributed by atoms with van der Waals surface area (Å²) in [6.07, 6.45) is 0.383. The summed E-state index contributed by atoms with van der Waals surface area (Å²) in [7, 11) is 4.58. The van der Waals surface area contributed by atoms with E-state index in [1.165, 1.54) is 39.6 Å². The van der Waals surface area contributed by atoms with Crippen LogP contribution in [0.25, 0.3) is 0 Å². The fourth-order valence-corrected chi connectivity index (χ4v) is 5.43. The average molecular weight is 462 g/mol. The van der Waals surface area contributed by atoms with Crippen molar-refractivity contribution in [3.63, 3.8) is 0 Å². The molecule has 14 nitrogen and oxygen atoms in total. The summed E-state index contributed by atoms with van der Waals surface area (Å²) < 4.78 is 11.5. The Morgan fingerprint density at radius 1 is 1.41 bits per heavy atom. The first-order chi connectivity index (χ1) is 15.3. The Bertz CT molecular complexity index is 1160. The number of aryl methyl sites for hydroxylation is 1. The number of allylic oxidation sites excluding steroid dienone is 1. The van der Waals surface area contributed by atoms with Crippen molar-refractivity contribution in [2.24, 2.45) is 13.0 Å². The molecular weight excluding hydrogens is 444 g/mol. The predicted molar refractivity (Wildman–Crippen MR) is 105 cm³/mol. The van der Waals surface area contributed by atoms with Gasteiger partial charge in [0.15, 0.2) is 0 Å². The van der Waals surface area contributed by atoms with Crippen molar-refractivity contribution in [2.75, 3.05) is 25.6 Å². The number of rotatable bonds is 5. The molecule has 0 radical (unpaired) electrons. The highest BCUT2D eigenvalue weighted by Gasteiger charge is 2.64. The summed E-state index contributed by atoms with van der Waals surface area (Å²) in [4.78, 5) is 42.7. The third-order valence-electron chi connectivity index (χ3n) is 5.86. The topological polar surface area (TPSA) is 160 Å². The molecule has 5 rings (SSSR count). The van der Waals surface area contributed by atoms with Crippen LogP contribution in [0.5, 0.6) is 5.88 Å². The van der Waals surface area contributed by atoms with Gasteiger partial charge < -0.3 is 19.3 Å². The SMILES string of the molecule is COc1cc(N(C)C(=O)N2C[C@H]3CC(Sc4nnnn4C)=C(C(=O)O)N4C(=O)[C@@H]2[C@@H]34)on1. The van der Waals surface area contributed by atoms with Gasteiger partial charge in [0.25, 0.3) is 11.8 Å². The number of likely N-dealkylation sites (tertiary alicyclic amines) is 1. The molecule has 0 spiro atoms. The highest BCUT2D eigenvalue weighted by Crippen LogP contribution is 2.50. The Labute approximate surface area is 184 Å². The molecule has 0 aliphatic carbocycles. The number of nitrogens with zero attached hydrogens (tertiary/aromatic N) is 8. The van der Waals surface area contributed by atoms with E-state index in [2.05, 4.69) is 20.7 Å². The summed E-state index contributed by atoms with van der Waals surface area (Å²) in [5, 5.41) is 25.1. The maximum atomic E-state index is 13.2. The second-order valence-corrected chi connectivity index (χ2v) is 8.64.